The van der Waals surface area contributed by atoms with Gasteiger partial charge in [0.25, 0.3) is 0 Å². The van der Waals surface area contributed by atoms with E-state index in [4.69, 9.17) is 4.74 Å². The summed E-state index contributed by atoms with van der Waals surface area (Å²) in [6.45, 7) is 0. The number of phenolic OH excluding ortho intramolecular Hbond substituents is 1. The molecule has 0 spiro atoms. The number of aromatic hydroxyl groups is 1. The highest BCUT2D eigenvalue weighted by molar-refractivity contribution is 5.78. The molecule has 1 aromatic carbocycles. The molecule has 0 unspecified atom stereocenters. The van der Waals surface area contributed by atoms with Gasteiger partial charge in [0.2, 0.25) is 0 Å². The van der Waals surface area contributed by atoms with Crippen LogP contribution >= 0.6 is 0 Å². The van der Waals surface area contributed by atoms with Crippen molar-refractivity contribution in [2.75, 3.05) is 14.2 Å². The quantitative estimate of drug-likeness (QED) is 0.493. The first-order valence-corrected chi connectivity index (χ1v) is 5.04. The number of hydrogen-bond donors (Lipinski definition) is 1. The van der Waals surface area contributed by atoms with Crippen molar-refractivity contribution in [2.24, 2.45) is 0 Å². The third-order valence-corrected chi connectivity index (χ3v) is 2.14. The SMILES string of the molecule is COC(=O)CC#Cc1cc(C=O)cc(OC)c1O. The minimum atomic E-state index is -0.472. The highest BCUT2D eigenvalue weighted by Crippen LogP contribution is 2.30. The van der Waals surface area contributed by atoms with Crippen molar-refractivity contribution in [2.45, 2.75) is 6.42 Å². The largest absolute Gasteiger partial charge is 0.503 e. The number of rotatable bonds is 3. The Morgan fingerprint density at radius 1 is 1.44 bits per heavy atom. The lowest BCUT2D eigenvalue weighted by Crippen LogP contribution is -1.97. The molecular formula is C13H12O5. The van der Waals surface area contributed by atoms with E-state index in [2.05, 4.69) is 16.6 Å². The van der Waals surface area contributed by atoms with Crippen LogP contribution in [0.2, 0.25) is 0 Å². The fourth-order valence-electron chi connectivity index (χ4n) is 1.23. The lowest BCUT2D eigenvalue weighted by atomic mass is 10.1. The van der Waals surface area contributed by atoms with Gasteiger partial charge in [-0.05, 0) is 12.1 Å². The lowest BCUT2D eigenvalue weighted by Gasteiger charge is -2.05. The van der Waals surface area contributed by atoms with E-state index >= 15 is 0 Å². The lowest BCUT2D eigenvalue weighted by molar-refractivity contribution is -0.139. The molecule has 0 aliphatic rings. The van der Waals surface area contributed by atoms with Gasteiger partial charge in [0.05, 0.1) is 19.8 Å². The maximum absolute atomic E-state index is 10.9. The molecule has 0 bridgehead atoms. The molecule has 94 valence electrons. The second kappa shape index (κ2) is 6.30. The van der Waals surface area contributed by atoms with Crippen molar-refractivity contribution in [1.29, 1.82) is 0 Å². The van der Waals surface area contributed by atoms with Crippen LogP contribution in [0.1, 0.15) is 22.3 Å². The maximum Gasteiger partial charge on any atom is 0.317 e. The zero-order chi connectivity index (χ0) is 13.5. The molecule has 1 N–H and O–H groups in total. The fraction of sp³-hybridized carbons (Fsp3) is 0.231. The number of hydrogen-bond acceptors (Lipinski definition) is 5. The average Bonchev–Trinajstić information content (AvgIpc) is 2.40. The molecule has 0 aliphatic heterocycles. The van der Waals surface area contributed by atoms with Crippen LogP contribution in [0.4, 0.5) is 0 Å². The number of methoxy groups -OCH3 is 2. The van der Waals surface area contributed by atoms with Crippen molar-refractivity contribution in [3.05, 3.63) is 23.3 Å². The van der Waals surface area contributed by atoms with Gasteiger partial charge in [-0.25, -0.2) is 0 Å². The van der Waals surface area contributed by atoms with Gasteiger partial charge in [-0.2, -0.15) is 0 Å². The minimum Gasteiger partial charge on any atom is -0.503 e. The first-order valence-electron chi connectivity index (χ1n) is 5.04. The van der Waals surface area contributed by atoms with Crippen LogP contribution in [0.25, 0.3) is 0 Å². The highest BCUT2D eigenvalue weighted by Gasteiger charge is 2.08. The van der Waals surface area contributed by atoms with Crippen molar-refractivity contribution in [3.63, 3.8) is 0 Å². The van der Waals surface area contributed by atoms with Crippen LogP contribution in [-0.4, -0.2) is 31.6 Å². The van der Waals surface area contributed by atoms with Gasteiger partial charge in [-0.3, -0.25) is 9.59 Å². The molecule has 0 aliphatic carbocycles. The Balaban J connectivity index is 3.07. The summed E-state index contributed by atoms with van der Waals surface area (Å²) in [6.07, 6.45) is 0.525. The topological polar surface area (TPSA) is 72.8 Å². The van der Waals surface area contributed by atoms with Gasteiger partial charge in [0, 0.05) is 5.56 Å². The van der Waals surface area contributed by atoms with Gasteiger partial charge >= 0.3 is 5.97 Å². The van der Waals surface area contributed by atoms with Crippen LogP contribution in [0, 0.1) is 11.8 Å². The Bertz CT molecular complexity index is 522. The van der Waals surface area contributed by atoms with Crippen LogP contribution in [0.15, 0.2) is 12.1 Å². The number of ether oxygens (including phenoxy) is 2. The minimum absolute atomic E-state index is 0.0937. The van der Waals surface area contributed by atoms with Crippen LogP contribution in [0.3, 0.4) is 0 Å². The Labute approximate surface area is 104 Å². The van der Waals surface area contributed by atoms with E-state index in [1.54, 1.807) is 0 Å². The molecule has 0 saturated heterocycles. The van der Waals surface area contributed by atoms with E-state index in [0.29, 0.717) is 11.8 Å². The normalized spacial score (nSPS) is 9.00. The van der Waals surface area contributed by atoms with E-state index < -0.39 is 5.97 Å². The Kier molecular flexibility index (Phi) is 4.76. The maximum atomic E-state index is 10.9. The van der Waals surface area contributed by atoms with Gasteiger partial charge in [0.1, 0.15) is 12.7 Å². The standard InChI is InChI=1S/C13H12O5/c1-17-11-7-9(8-14)6-10(13(11)16)4-3-5-12(15)18-2/h6-8,16H,5H2,1-2H3. The van der Waals surface area contributed by atoms with E-state index in [9.17, 15) is 14.7 Å². The summed E-state index contributed by atoms with van der Waals surface area (Å²) in [7, 11) is 2.63. The number of benzene rings is 1. The smallest absolute Gasteiger partial charge is 0.317 e. The van der Waals surface area contributed by atoms with Crippen molar-refractivity contribution in [1.82, 2.24) is 0 Å². The molecule has 5 nitrogen and oxygen atoms in total. The Morgan fingerprint density at radius 2 is 2.17 bits per heavy atom. The van der Waals surface area contributed by atoms with Crippen LogP contribution in [-0.2, 0) is 9.53 Å². The second-order valence-corrected chi connectivity index (χ2v) is 3.29. The highest BCUT2D eigenvalue weighted by atomic mass is 16.5. The summed E-state index contributed by atoms with van der Waals surface area (Å²) < 4.78 is 9.33. The van der Waals surface area contributed by atoms with Crippen molar-refractivity contribution < 1.29 is 24.2 Å². The zero-order valence-corrected chi connectivity index (χ0v) is 10.0. The number of carbonyl (C=O) groups is 2. The predicted molar refractivity (Wildman–Crippen MR) is 63.6 cm³/mol. The Hall–Kier alpha value is -2.48. The monoisotopic (exact) mass is 248 g/mol. The molecule has 0 atom stereocenters. The fourth-order valence-corrected chi connectivity index (χ4v) is 1.23. The average molecular weight is 248 g/mol. The number of phenols is 1. The summed E-state index contributed by atoms with van der Waals surface area (Å²) in [5, 5.41) is 9.77. The number of aldehydes is 1. The molecule has 18 heavy (non-hydrogen) atoms. The van der Waals surface area contributed by atoms with Crippen molar-refractivity contribution in [3.8, 4) is 23.3 Å². The molecule has 0 saturated carbocycles. The third-order valence-electron chi connectivity index (χ3n) is 2.14. The summed E-state index contributed by atoms with van der Waals surface area (Å²) in [4.78, 5) is 21.6. The molecule has 0 amide bonds. The molecule has 1 rings (SSSR count). The summed E-state index contributed by atoms with van der Waals surface area (Å²) in [5.74, 6) is 4.64. The van der Waals surface area contributed by atoms with E-state index in [1.165, 1.54) is 26.4 Å². The molecule has 5 heteroatoms. The van der Waals surface area contributed by atoms with Crippen LogP contribution < -0.4 is 4.74 Å². The predicted octanol–water partition coefficient (Wildman–Crippen LogP) is 1.13. The van der Waals surface area contributed by atoms with Gasteiger partial charge in [-0.15, -0.1) is 0 Å². The summed E-state index contributed by atoms with van der Waals surface area (Å²) >= 11 is 0. The molecular weight excluding hydrogens is 236 g/mol. The number of esters is 1. The molecule has 0 fully saturated rings. The van der Waals surface area contributed by atoms with E-state index in [0.717, 1.165) is 0 Å². The van der Waals surface area contributed by atoms with E-state index in [1.807, 2.05) is 0 Å². The second-order valence-electron chi connectivity index (χ2n) is 3.29. The third kappa shape index (κ3) is 3.25. The first-order chi connectivity index (χ1) is 8.62. The van der Waals surface area contributed by atoms with E-state index in [-0.39, 0.29) is 23.5 Å². The summed E-state index contributed by atoms with van der Waals surface area (Å²) in [6, 6.07) is 2.81. The van der Waals surface area contributed by atoms with Crippen molar-refractivity contribution >= 4 is 12.3 Å². The molecule has 0 radical (unpaired) electrons. The van der Waals surface area contributed by atoms with Gasteiger partial charge in [0.15, 0.2) is 11.5 Å². The van der Waals surface area contributed by atoms with Gasteiger partial charge in [-0.1, -0.05) is 11.8 Å². The first kappa shape index (κ1) is 13.6. The van der Waals surface area contributed by atoms with Gasteiger partial charge < -0.3 is 14.6 Å². The molecule has 0 aromatic heterocycles. The Morgan fingerprint density at radius 3 is 2.72 bits per heavy atom. The number of carbonyl (C=O) groups excluding carboxylic acids is 2. The molecule has 0 heterocycles. The zero-order valence-electron chi connectivity index (χ0n) is 10.0. The summed E-state index contributed by atoms with van der Waals surface area (Å²) in [5.41, 5.74) is 0.548. The molecule has 1 aromatic rings. The van der Waals surface area contributed by atoms with Crippen LogP contribution in [0.5, 0.6) is 11.5 Å².